The number of hydrogen-bond donors (Lipinski definition) is 2. The molecular formula is C12H18N2O3. The van der Waals surface area contributed by atoms with Crippen LogP contribution in [-0.4, -0.2) is 35.8 Å². The van der Waals surface area contributed by atoms with E-state index in [-0.39, 0.29) is 18.6 Å². The molecule has 1 atom stereocenters. The molecule has 1 aromatic rings. The maximum Gasteiger partial charge on any atom is 0.255 e. The van der Waals surface area contributed by atoms with E-state index in [9.17, 15) is 4.79 Å². The quantitative estimate of drug-likeness (QED) is 0.775. The Morgan fingerprint density at radius 3 is 3.00 bits per heavy atom. The molecule has 0 aliphatic rings. The van der Waals surface area contributed by atoms with Crippen molar-refractivity contribution in [1.82, 2.24) is 10.3 Å². The smallest absolute Gasteiger partial charge is 0.255 e. The molecule has 0 bridgehead atoms. The van der Waals surface area contributed by atoms with Crippen molar-refractivity contribution in [2.45, 2.75) is 25.8 Å². The summed E-state index contributed by atoms with van der Waals surface area (Å²) in [5.74, 6) is 0.244. The summed E-state index contributed by atoms with van der Waals surface area (Å²) in [7, 11) is 1.50. The van der Waals surface area contributed by atoms with Crippen molar-refractivity contribution < 1.29 is 14.6 Å². The van der Waals surface area contributed by atoms with Gasteiger partial charge in [-0.05, 0) is 18.9 Å². The van der Waals surface area contributed by atoms with Gasteiger partial charge in [0.05, 0.1) is 18.9 Å². The highest BCUT2D eigenvalue weighted by Crippen LogP contribution is 2.15. The van der Waals surface area contributed by atoms with Crippen LogP contribution in [0.25, 0.3) is 0 Å². The van der Waals surface area contributed by atoms with Crippen molar-refractivity contribution in [1.29, 1.82) is 0 Å². The zero-order valence-corrected chi connectivity index (χ0v) is 10.1. The van der Waals surface area contributed by atoms with Gasteiger partial charge in [-0.3, -0.25) is 9.78 Å². The van der Waals surface area contributed by atoms with E-state index in [1.807, 2.05) is 6.92 Å². The molecule has 17 heavy (non-hydrogen) atoms. The Morgan fingerprint density at radius 1 is 1.65 bits per heavy atom. The molecule has 1 amide bonds. The number of hydrogen-bond acceptors (Lipinski definition) is 4. The molecule has 1 rings (SSSR count). The van der Waals surface area contributed by atoms with Crippen LogP contribution in [0.1, 0.15) is 30.1 Å². The molecule has 2 N–H and O–H groups in total. The Kier molecular flexibility index (Phi) is 5.42. The minimum atomic E-state index is -0.204. The third kappa shape index (κ3) is 3.71. The second-order valence-electron chi connectivity index (χ2n) is 3.67. The number of nitrogens with zero attached hydrogens (tertiary/aromatic N) is 1. The van der Waals surface area contributed by atoms with Crippen molar-refractivity contribution in [3.63, 3.8) is 0 Å². The van der Waals surface area contributed by atoms with Crippen molar-refractivity contribution >= 4 is 5.91 Å². The van der Waals surface area contributed by atoms with E-state index in [2.05, 4.69) is 10.3 Å². The average Bonchev–Trinajstić information content (AvgIpc) is 2.38. The number of carbonyl (C=O) groups excluding carboxylic acids is 1. The van der Waals surface area contributed by atoms with E-state index < -0.39 is 0 Å². The third-order valence-electron chi connectivity index (χ3n) is 2.55. The molecule has 1 unspecified atom stereocenters. The molecule has 1 aromatic heterocycles. The zero-order chi connectivity index (χ0) is 12.7. The van der Waals surface area contributed by atoms with Gasteiger partial charge in [-0.2, -0.15) is 0 Å². The molecule has 0 aliphatic carbocycles. The van der Waals surface area contributed by atoms with E-state index in [0.717, 1.165) is 6.42 Å². The SMILES string of the molecule is CCC(CCO)NC(=O)c1ccncc1OC. The maximum absolute atomic E-state index is 12.0. The fourth-order valence-electron chi connectivity index (χ4n) is 1.53. The number of aliphatic hydroxyl groups excluding tert-OH is 1. The first kappa shape index (κ1) is 13.4. The second-order valence-corrected chi connectivity index (χ2v) is 3.67. The number of amides is 1. The third-order valence-corrected chi connectivity index (χ3v) is 2.55. The van der Waals surface area contributed by atoms with E-state index in [4.69, 9.17) is 9.84 Å². The molecule has 0 spiro atoms. The number of aliphatic hydroxyl groups is 1. The largest absolute Gasteiger partial charge is 0.494 e. The van der Waals surface area contributed by atoms with Gasteiger partial charge in [0.1, 0.15) is 5.75 Å². The summed E-state index contributed by atoms with van der Waals surface area (Å²) in [5, 5.41) is 11.7. The van der Waals surface area contributed by atoms with Gasteiger partial charge < -0.3 is 15.2 Å². The Balaban J connectivity index is 2.75. The molecular weight excluding hydrogens is 220 g/mol. The number of aromatic nitrogens is 1. The van der Waals surface area contributed by atoms with Crippen LogP contribution in [0.3, 0.4) is 0 Å². The lowest BCUT2D eigenvalue weighted by atomic mass is 10.1. The lowest BCUT2D eigenvalue weighted by molar-refractivity contribution is 0.0926. The molecule has 0 radical (unpaired) electrons. The van der Waals surface area contributed by atoms with Crippen LogP contribution >= 0.6 is 0 Å². The first-order valence-corrected chi connectivity index (χ1v) is 5.62. The molecule has 0 aromatic carbocycles. The second kappa shape index (κ2) is 6.85. The summed E-state index contributed by atoms with van der Waals surface area (Å²) >= 11 is 0. The number of methoxy groups -OCH3 is 1. The first-order chi connectivity index (χ1) is 8.22. The Morgan fingerprint density at radius 2 is 2.41 bits per heavy atom. The minimum Gasteiger partial charge on any atom is -0.494 e. The topological polar surface area (TPSA) is 71.5 Å². The van der Waals surface area contributed by atoms with Crippen molar-refractivity contribution in [2.24, 2.45) is 0 Å². The summed E-state index contributed by atoms with van der Waals surface area (Å²) in [6.07, 6.45) is 4.38. The fraction of sp³-hybridized carbons (Fsp3) is 0.500. The van der Waals surface area contributed by atoms with E-state index >= 15 is 0 Å². The first-order valence-electron chi connectivity index (χ1n) is 5.62. The predicted molar refractivity (Wildman–Crippen MR) is 64.0 cm³/mol. The molecule has 0 saturated heterocycles. The maximum atomic E-state index is 12.0. The van der Waals surface area contributed by atoms with Gasteiger partial charge in [-0.25, -0.2) is 0 Å². The van der Waals surface area contributed by atoms with Crippen LogP contribution in [0.2, 0.25) is 0 Å². The van der Waals surface area contributed by atoms with Gasteiger partial charge in [0, 0.05) is 18.8 Å². The lowest BCUT2D eigenvalue weighted by Crippen LogP contribution is -2.35. The number of pyridine rings is 1. The number of nitrogens with one attached hydrogen (secondary N) is 1. The molecule has 0 fully saturated rings. The van der Waals surface area contributed by atoms with E-state index in [1.165, 1.54) is 13.3 Å². The Bertz CT molecular complexity index is 369. The van der Waals surface area contributed by atoms with Gasteiger partial charge in [-0.1, -0.05) is 6.92 Å². The standard InChI is InChI=1S/C12H18N2O3/c1-3-9(5-7-15)14-12(16)10-4-6-13-8-11(10)17-2/h4,6,8-9,15H,3,5,7H2,1-2H3,(H,14,16). The van der Waals surface area contributed by atoms with Crippen LogP contribution in [0, 0.1) is 0 Å². The van der Waals surface area contributed by atoms with Crippen molar-refractivity contribution in [3.05, 3.63) is 24.0 Å². The highest BCUT2D eigenvalue weighted by Gasteiger charge is 2.15. The summed E-state index contributed by atoms with van der Waals surface area (Å²) in [5.41, 5.74) is 0.457. The molecule has 5 nitrogen and oxygen atoms in total. The van der Waals surface area contributed by atoms with Crippen LogP contribution in [0.15, 0.2) is 18.5 Å². The van der Waals surface area contributed by atoms with Gasteiger partial charge in [0.15, 0.2) is 0 Å². The Labute approximate surface area is 101 Å². The van der Waals surface area contributed by atoms with Crippen molar-refractivity contribution in [3.8, 4) is 5.75 Å². The highest BCUT2D eigenvalue weighted by molar-refractivity contribution is 5.96. The number of carbonyl (C=O) groups is 1. The van der Waals surface area contributed by atoms with E-state index in [1.54, 1.807) is 12.3 Å². The lowest BCUT2D eigenvalue weighted by Gasteiger charge is -2.16. The van der Waals surface area contributed by atoms with Crippen LogP contribution in [0.5, 0.6) is 5.75 Å². The molecule has 0 saturated carbocycles. The average molecular weight is 238 g/mol. The normalized spacial score (nSPS) is 11.9. The summed E-state index contributed by atoms with van der Waals surface area (Å²) in [4.78, 5) is 15.9. The van der Waals surface area contributed by atoms with Crippen LogP contribution in [0.4, 0.5) is 0 Å². The van der Waals surface area contributed by atoms with Gasteiger partial charge in [0.2, 0.25) is 0 Å². The van der Waals surface area contributed by atoms with Crippen molar-refractivity contribution in [2.75, 3.05) is 13.7 Å². The summed E-state index contributed by atoms with van der Waals surface area (Å²) in [6, 6.07) is 1.59. The molecule has 1 heterocycles. The van der Waals surface area contributed by atoms with Gasteiger partial charge in [-0.15, -0.1) is 0 Å². The molecule has 5 heteroatoms. The van der Waals surface area contributed by atoms with Gasteiger partial charge in [0.25, 0.3) is 5.91 Å². The fourth-order valence-corrected chi connectivity index (χ4v) is 1.53. The van der Waals surface area contributed by atoms with E-state index in [0.29, 0.717) is 17.7 Å². The predicted octanol–water partition coefficient (Wildman–Crippen LogP) is 0.981. The molecule has 0 aliphatic heterocycles. The number of rotatable bonds is 6. The highest BCUT2D eigenvalue weighted by atomic mass is 16.5. The van der Waals surface area contributed by atoms with Gasteiger partial charge >= 0.3 is 0 Å². The monoisotopic (exact) mass is 238 g/mol. The minimum absolute atomic E-state index is 0.0228. The Hall–Kier alpha value is -1.62. The molecule has 94 valence electrons. The summed E-state index contributed by atoms with van der Waals surface area (Å²) < 4.78 is 5.07. The van der Waals surface area contributed by atoms with Crippen LogP contribution in [-0.2, 0) is 0 Å². The summed E-state index contributed by atoms with van der Waals surface area (Å²) in [6.45, 7) is 2.02. The van der Waals surface area contributed by atoms with Crippen LogP contribution < -0.4 is 10.1 Å². The zero-order valence-electron chi connectivity index (χ0n) is 10.1. The number of ether oxygens (including phenoxy) is 1.